The van der Waals surface area contributed by atoms with Gasteiger partial charge in [0.25, 0.3) is 0 Å². The molecule has 2 nitrogen and oxygen atoms in total. The fourth-order valence-electron chi connectivity index (χ4n) is 2.34. The Balaban J connectivity index is 1.73. The molecule has 0 aliphatic carbocycles. The number of hydrogen-bond donors (Lipinski definition) is 1. The van der Waals surface area contributed by atoms with Crippen LogP contribution in [0, 0.1) is 0 Å². The third kappa shape index (κ3) is 8.35. The summed E-state index contributed by atoms with van der Waals surface area (Å²) in [5, 5.41) is 8.66. The van der Waals surface area contributed by atoms with Gasteiger partial charge >= 0.3 is 0 Å². The highest BCUT2D eigenvalue weighted by molar-refractivity contribution is 4.89. The molecule has 0 aliphatic heterocycles. The summed E-state index contributed by atoms with van der Waals surface area (Å²) in [6.45, 7) is 1.54. The number of hydrogen-bond acceptors (Lipinski definition) is 1. The lowest BCUT2D eigenvalue weighted by Gasteiger charge is -2.03. The number of nitrogens with zero attached hydrogens (tertiary/aromatic N) is 1. The second kappa shape index (κ2) is 11.3. The van der Waals surface area contributed by atoms with Gasteiger partial charge < -0.3 is 9.67 Å². The van der Waals surface area contributed by atoms with Crippen molar-refractivity contribution in [3.63, 3.8) is 0 Å². The predicted octanol–water partition coefficient (Wildman–Crippen LogP) is 4.38. The van der Waals surface area contributed by atoms with Crippen molar-refractivity contribution < 1.29 is 5.11 Å². The molecule has 0 bridgehead atoms. The Labute approximate surface area is 112 Å². The van der Waals surface area contributed by atoms with E-state index in [1.54, 1.807) is 0 Å². The van der Waals surface area contributed by atoms with E-state index in [0.717, 1.165) is 6.42 Å². The maximum Gasteiger partial charge on any atom is 0.0431 e. The van der Waals surface area contributed by atoms with Crippen molar-refractivity contribution in [3.05, 3.63) is 24.5 Å². The molecule has 0 atom stereocenters. The van der Waals surface area contributed by atoms with E-state index in [2.05, 4.69) is 29.1 Å². The van der Waals surface area contributed by atoms with Crippen LogP contribution in [0.2, 0.25) is 0 Å². The number of unbranched alkanes of at least 4 members (excludes halogenated alkanes) is 9. The van der Waals surface area contributed by atoms with E-state index in [9.17, 15) is 0 Å². The van der Waals surface area contributed by atoms with Crippen LogP contribution in [-0.2, 0) is 6.54 Å². The van der Waals surface area contributed by atoms with Gasteiger partial charge in [0.2, 0.25) is 0 Å². The summed E-state index contributed by atoms with van der Waals surface area (Å²) in [6.07, 6.45) is 17.4. The van der Waals surface area contributed by atoms with Crippen LogP contribution in [0.25, 0.3) is 0 Å². The van der Waals surface area contributed by atoms with Crippen LogP contribution in [0.5, 0.6) is 0 Å². The van der Waals surface area contributed by atoms with Crippen molar-refractivity contribution in [1.82, 2.24) is 4.57 Å². The van der Waals surface area contributed by atoms with Gasteiger partial charge in [-0.05, 0) is 25.0 Å². The van der Waals surface area contributed by atoms with Gasteiger partial charge in [-0.3, -0.25) is 0 Å². The van der Waals surface area contributed by atoms with Crippen LogP contribution in [0.15, 0.2) is 24.5 Å². The van der Waals surface area contributed by atoms with E-state index in [1.807, 2.05) is 0 Å². The second-order valence-electron chi connectivity index (χ2n) is 5.18. The average molecular weight is 251 g/mol. The van der Waals surface area contributed by atoms with Crippen molar-refractivity contribution in [1.29, 1.82) is 0 Å². The molecule has 1 N–H and O–H groups in total. The van der Waals surface area contributed by atoms with Crippen LogP contribution in [0.4, 0.5) is 0 Å². The number of aliphatic hydroxyl groups excluding tert-OH is 1. The minimum atomic E-state index is 0.362. The van der Waals surface area contributed by atoms with Crippen LogP contribution in [0.1, 0.15) is 64.2 Å². The lowest BCUT2D eigenvalue weighted by molar-refractivity contribution is 0.282. The molecule has 104 valence electrons. The second-order valence-corrected chi connectivity index (χ2v) is 5.18. The Hall–Kier alpha value is -0.760. The summed E-state index contributed by atoms with van der Waals surface area (Å²) >= 11 is 0. The van der Waals surface area contributed by atoms with Crippen LogP contribution < -0.4 is 0 Å². The van der Waals surface area contributed by atoms with Gasteiger partial charge in [0, 0.05) is 25.5 Å². The summed E-state index contributed by atoms with van der Waals surface area (Å²) in [5.74, 6) is 0. The van der Waals surface area contributed by atoms with Crippen LogP contribution >= 0.6 is 0 Å². The molecule has 1 heterocycles. The molecule has 0 saturated carbocycles. The van der Waals surface area contributed by atoms with Gasteiger partial charge in [-0.2, -0.15) is 0 Å². The predicted molar refractivity (Wildman–Crippen MR) is 77.7 cm³/mol. The molecule has 0 amide bonds. The Morgan fingerprint density at radius 2 is 1.06 bits per heavy atom. The first-order valence-corrected chi connectivity index (χ1v) is 7.65. The lowest BCUT2D eigenvalue weighted by Crippen LogP contribution is -1.93. The fraction of sp³-hybridized carbons (Fsp3) is 0.750. The minimum Gasteiger partial charge on any atom is -0.396 e. The van der Waals surface area contributed by atoms with Gasteiger partial charge in [-0.15, -0.1) is 0 Å². The Morgan fingerprint density at radius 1 is 0.611 bits per heavy atom. The highest BCUT2D eigenvalue weighted by atomic mass is 16.2. The number of rotatable bonds is 12. The van der Waals surface area contributed by atoms with Gasteiger partial charge in [-0.1, -0.05) is 51.4 Å². The van der Waals surface area contributed by atoms with Crippen molar-refractivity contribution in [2.45, 2.75) is 70.8 Å². The molecule has 0 fully saturated rings. The molecule has 0 unspecified atom stereocenters. The molecule has 0 spiro atoms. The largest absolute Gasteiger partial charge is 0.396 e. The fourth-order valence-corrected chi connectivity index (χ4v) is 2.34. The first-order chi connectivity index (χ1) is 8.93. The minimum absolute atomic E-state index is 0.362. The molecular formula is C16H29NO. The number of aromatic nitrogens is 1. The van der Waals surface area contributed by atoms with Crippen molar-refractivity contribution in [3.8, 4) is 0 Å². The van der Waals surface area contributed by atoms with Crippen molar-refractivity contribution >= 4 is 0 Å². The number of aryl methyl sites for hydroxylation is 1. The van der Waals surface area contributed by atoms with Crippen LogP contribution in [-0.4, -0.2) is 16.3 Å². The Kier molecular flexibility index (Phi) is 9.64. The Morgan fingerprint density at radius 3 is 1.56 bits per heavy atom. The van der Waals surface area contributed by atoms with Gasteiger partial charge in [0.1, 0.15) is 0 Å². The topological polar surface area (TPSA) is 25.2 Å². The molecular weight excluding hydrogens is 222 g/mol. The maximum atomic E-state index is 8.66. The Bertz CT molecular complexity index is 256. The zero-order valence-corrected chi connectivity index (χ0v) is 11.7. The highest BCUT2D eigenvalue weighted by Crippen LogP contribution is 2.10. The lowest BCUT2D eigenvalue weighted by atomic mass is 10.1. The van der Waals surface area contributed by atoms with Crippen molar-refractivity contribution in [2.24, 2.45) is 0 Å². The zero-order valence-electron chi connectivity index (χ0n) is 11.7. The molecule has 0 aliphatic rings. The monoisotopic (exact) mass is 251 g/mol. The van der Waals surface area contributed by atoms with Gasteiger partial charge in [-0.25, -0.2) is 0 Å². The molecule has 1 rings (SSSR count). The standard InChI is InChI=1S/C16H29NO/c18-16-12-8-6-4-2-1-3-5-7-9-13-17-14-10-11-15-17/h10-11,14-15,18H,1-9,12-13,16H2. The third-order valence-electron chi connectivity index (χ3n) is 3.49. The first-order valence-electron chi connectivity index (χ1n) is 7.65. The highest BCUT2D eigenvalue weighted by Gasteiger charge is 1.93. The third-order valence-corrected chi connectivity index (χ3v) is 3.49. The van der Waals surface area contributed by atoms with E-state index >= 15 is 0 Å². The van der Waals surface area contributed by atoms with E-state index in [0.29, 0.717) is 6.61 Å². The SMILES string of the molecule is OCCCCCCCCCCCCn1cccc1. The molecule has 18 heavy (non-hydrogen) atoms. The van der Waals surface area contributed by atoms with E-state index in [4.69, 9.17) is 5.11 Å². The molecule has 2 heteroatoms. The molecule has 0 saturated heterocycles. The van der Waals surface area contributed by atoms with Crippen LogP contribution in [0.3, 0.4) is 0 Å². The molecule has 1 aromatic heterocycles. The van der Waals surface area contributed by atoms with Gasteiger partial charge in [0.05, 0.1) is 0 Å². The average Bonchev–Trinajstić information content (AvgIpc) is 2.89. The first kappa shape index (κ1) is 15.3. The van der Waals surface area contributed by atoms with Crippen molar-refractivity contribution in [2.75, 3.05) is 6.61 Å². The van der Waals surface area contributed by atoms with E-state index in [-0.39, 0.29) is 0 Å². The zero-order chi connectivity index (χ0) is 12.9. The molecule has 1 aromatic rings. The summed E-state index contributed by atoms with van der Waals surface area (Å²) in [5.41, 5.74) is 0. The normalized spacial score (nSPS) is 10.9. The van der Waals surface area contributed by atoms with E-state index < -0.39 is 0 Å². The molecule has 0 radical (unpaired) electrons. The van der Waals surface area contributed by atoms with E-state index in [1.165, 1.54) is 64.3 Å². The smallest absolute Gasteiger partial charge is 0.0431 e. The summed E-state index contributed by atoms with van der Waals surface area (Å²) in [4.78, 5) is 0. The number of aliphatic hydroxyl groups is 1. The molecule has 0 aromatic carbocycles. The quantitative estimate of drug-likeness (QED) is 0.548. The maximum absolute atomic E-state index is 8.66. The summed E-state index contributed by atoms with van der Waals surface area (Å²) < 4.78 is 2.27. The van der Waals surface area contributed by atoms with Gasteiger partial charge in [0.15, 0.2) is 0 Å². The summed E-state index contributed by atoms with van der Waals surface area (Å²) in [7, 11) is 0. The summed E-state index contributed by atoms with van der Waals surface area (Å²) in [6, 6.07) is 4.19.